The third kappa shape index (κ3) is 4.11. The second-order valence-corrected chi connectivity index (χ2v) is 5.46. The van der Waals surface area contributed by atoms with Crippen molar-refractivity contribution in [1.29, 1.82) is 0 Å². The molecule has 0 radical (unpaired) electrons. The van der Waals surface area contributed by atoms with Gasteiger partial charge >= 0.3 is 0 Å². The molecule has 0 saturated heterocycles. The Morgan fingerprint density at radius 3 is 2.59 bits per heavy atom. The van der Waals surface area contributed by atoms with E-state index in [1.165, 1.54) is 0 Å². The van der Waals surface area contributed by atoms with E-state index in [0.29, 0.717) is 16.3 Å². The highest BCUT2D eigenvalue weighted by molar-refractivity contribution is 6.33. The van der Waals surface area contributed by atoms with Crippen molar-refractivity contribution in [2.24, 2.45) is 0 Å². The van der Waals surface area contributed by atoms with Crippen LogP contribution in [-0.4, -0.2) is 24.4 Å². The Bertz CT molecular complexity index is 680. The zero-order valence-corrected chi connectivity index (χ0v) is 13.1. The topological polar surface area (TPSA) is 71.3 Å². The molecule has 1 aromatic heterocycles. The van der Waals surface area contributed by atoms with Crippen molar-refractivity contribution in [3.63, 3.8) is 0 Å². The van der Waals surface area contributed by atoms with Crippen molar-refractivity contribution >= 4 is 23.4 Å². The number of carbonyl (C=O) groups is 2. The zero-order valence-electron chi connectivity index (χ0n) is 12.4. The molecule has 0 aliphatic heterocycles. The third-order valence-electron chi connectivity index (χ3n) is 2.83. The first-order chi connectivity index (χ1) is 10.5. The van der Waals surface area contributed by atoms with Crippen LogP contribution in [0.25, 0.3) is 11.3 Å². The smallest absolute Gasteiger partial charge is 0.287 e. The van der Waals surface area contributed by atoms with Gasteiger partial charge in [0.25, 0.3) is 5.91 Å². The lowest BCUT2D eigenvalue weighted by Gasteiger charge is -2.08. The minimum absolute atomic E-state index is 0.0276. The second kappa shape index (κ2) is 7.13. The summed E-state index contributed by atoms with van der Waals surface area (Å²) in [5, 5.41) is 5.73. The molecule has 0 saturated carbocycles. The van der Waals surface area contributed by atoms with E-state index in [1.54, 1.807) is 24.3 Å². The fourth-order valence-corrected chi connectivity index (χ4v) is 2.12. The molecule has 0 atom stereocenters. The quantitative estimate of drug-likeness (QED) is 0.890. The van der Waals surface area contributed by atoms with Crippen LogP contribution in [0.1, 0.15) is 24.4 Å². The van der Waals surface area contributed by atoms with Gasteiger partial charge in [0.2, 0.25) is 5.91 Å². The first-order valence-electron chi connectivity index (χ1n) is 6.89. The molecule has 2 aromatic rings. The number of furan rings is 1. The summed E-state index contributed by atoms with van der Waals surface area (Å²) in [5.41, 5.74) is 0.709. The van der Waals surface area contributed by atoms with Crippen LogP contribution in [0.4, 0.5) is 0 Å². The molecule has 0 fully saturated rings. The van der Waals surface area contributed by atoms with Gasteiger partial charge in [-0.1, -0.05) is 23.7 Å². The summed E-state index contributed by atoms with van der Waals surface area (Å²) < 4.78 is 5.50. The highest BCUT2D eigenvalue weighted by Crippen LogP contribution is 2.28. The summed E-state index contributed by atoms with van der Waals surface area (Å²) in [6, 6.07) is 10.4. The van der Waals surface area contributed by atoms with Gasteiger partial charge in [-0.15, -0.1) is 0 Å². The molecule has 22 heavy (non-hydrogen) atoms. The molecule has 6 heteroatoms. The van der Waals surface area contributed by atoms with Crippen LogP contribution < -0.4 is 10.6 Å². The Kier molecular flexibility index (Phi) is 5.22. The van der Waals surface area contributed by atoms with Gasteiger partial charge in [0.05, 0.1) is 11.6 Å². The molecule has 0 aliphatic carbocycles. The lowest BCUT2D eigenvalue weighted by Crippen LogP contribution is -2.39. The predicted octanol–water partition coefficient (Wildman–Crippen LogP) is 2.85. The molecule has 1 heterocycles. The largest absolute Gasteiger partial charge is 0.451 e. The van der Waals surface area contributed by atoms with E-state index in [1.807, 2.05) is 26.0 Å². The van der Waals surface area contributed by atoms with Crippen LogP contribution in [0, 0.1) is 0 Å². The third-order valence-corrected chi connectivity index (χ3v) is 3.16. The summed E-state index contributed by atoms with van der Waals surface area (Å²) in [5.74, 6) is -0.0620. The molecule has 0 spiro atoms. The van der Waals surface area contributed by atoms with Crippen molar-refractivity contribution in [1.82, 2.24) is 10.6 Å². The summed E-state index contributed by atoms with van der Waals surface area (Å²) >= 11 is 6.09. The van der Waals surface area contributed by atoms with E-state index in [4.69, 9.17) is 16.0 Å². The molecule has 0 bridgehead atoms. The number of rotatable bonds is 5. The Morgan fingerprint density at radius 2 is 1.91 bits per heavy atom. The van der Waals surface area contributed by atoms with Crippen LogP contribution in [0.3, 0.4) is 0 Å². The molecule has 2 N–H and O–H groups in total. The minimum Gasteiger partial charge on any atom is -0.451 e. The fourth-order valence-electron chi connectivity index (χ4n) is 1.89. The predicted molar refractivity (Wildman–Crippen MR) is 84.8 cm³/mol. The van der Waals surface area contributed by atoms with Crippen LogP contribution in [-0.2, 0) is 4.79 Å². The second-order valence-electron chi connectivity index (χ2n) is 5.05. The van der Waals surface area contributed by atoms with Crippen LogP contribution in [0.15, 0.2) is 40.8 Å². The molecule has 0 unspecified atom stereocenters. The summed E-state index contributed by atoms with van der Waals surface area (Å²) in [4.78, 5) is 23.4. The Labute approximate surface area is 133 Å². The SMILES string of the molecule is CC(C)NC(=O)CNC(=O)c1ccc(-c2ccccc2Cl)o1. The summed E-state index contributed by atoms with van der Waals surface area (Å²) in [6.45, 7) is 3.60. The minimum atomic E-state index is -0.447. The number of halogens is 1. The molecular formula is C16H17ClN2O3. The maximum atomic E-state index is 11.9. The van der Waals surface area contributed by atoms with E-state index < -0.39 is 5.91 Å². The lowest BCUT2D eigenvalue weighted by molar-refractivity contribution is -0.120. The Balaban J connectivity index is 2.01. The van der Waals surface area contributed by atoms with E-state index in [2.05, 4.69) is 10.6 Å². The van der Waals surface area contributed by atoms with Gasteiger partial charge in [-0.25, -0.2) is 0 Å². The number of hydrogen-bond donors (Lipinski definition) is 2. The number of carbonyl (C=O) groups excluding carboxylic acids is 2. The number of nitrogens with one attached hydrogen (secondary N) is 2. The van der Waals surface area contributed by atoms with Gasteiger partial charge in [-0.2, -0.15) is 0 Å². The van der Waals surface area contributed by atoms with E-state index >= 15 is 0 Å². The van der Waals surface area contributed by atoms with Crippen molar-refractivity contribution < 1.29 is 14.0 Å². The van der Waals surface area contributed by atoms with Gasteiger partial charge in [0, 0.05) is 11.6 Å². The molecule has 0 aliphatic rings. The van der Waals surface area contributed by atoms with Gasteiger partial charge < -0.3 is 15.1 Å². The standard InChI is InChI=1S/C16H17ClN2O3/c1-10(2)19-15(20)9-18-16(21)14-8-7-13(22-14)11-5-3-4-6-12(11)17/h3-8,10H,9H2,1-2H3,(H,18,21)(H,19,20). The molecule has 5 nitrogen and oxygen atoms in total. The lowest BCUT2D eigenvalue weighted by atomic mass is 10.2. The zero-order chi connectivity index (χ0) is 16.1. The molecule has 2 rings (SSSR count). The van der Waals surface area contributed by atoms with Gasteiger partial charge in [-0.05, 0) is 38.1 Å². The normalized spacial score (nSPS) is 10.5. The fraction of sp³-hybridized carbons (Fsp3) is 0.250. The monoisotopic (exact) mass is 320 g/mol. The van der Waals surface area contributed by atoms with Crippen molar-refractivity contribution in [2.75, 3.05) is 6.54 Å². The van der Waals surface area contributed by atoms with E-state index in [-0.39, 0.29) is 24.3 Å². The first-order valence-corrected chi connectivity index (χ1v) is 7.27. The van der Waals surface area contributed by atoms with Crippen molar-refractivity contribution in [3.8, 4) is 11.3 Å². The highest BCUT2D eigenvalue weighted by Gasteiger charge is 2.14. The van der Waals surface area contributed by atoms with Crippen LogP contribution in [0.2, 0.25) is 5.02 Å². The molecule has 1 aromatic carbocycles. The summed E-state index contributed by atoms with van der Waals surface area (Å²) in [7, 11) is 0. The van der Waals surface area contributed by atoms with Crippen molar-refractivity contribution in [2.45, 2.75) is 19.9 Å². The average Bonchev–Trinajstić information content (AvgIpc) is 2.94. The van der Waals surface area contributed by atoms with Crippen LogP contribution >= 0.6 is 11.6 Å². The molecular weight excluding hydrogens is 304 g/mol. The number of benzene rings is 1. The Hall–Kier alpha value is -2.27. The number of amides is 2. The highest BCUT2D eigenvalue weighted by atomic mass is 35.5. The Morgan fingerprint density at radius 1 is 1.18 bits per heavy atom. The average molecular weight is 321 g/mol. The van der Waals surface area contributed by atoms with Gasteiger partial charge in [0.15, 0.2) is 5.76 Å². The maximum Gasteiger partial charge on any atom is 0.287 e. The van der Waals surface area contributed by atoms with Gasteiger partial charge in [-0.3, -0.25) is 9.59 Å². The van der Waals surface area contributed by atoms with E-state index in [0.717, 1.165) is 0 Å². The van der Waals surface area contributed by atoms with Crippen LogP contribution in [0.5, 0.6) is 0 Å². The van der Waals surface area contributed by atoms with E-state index in [9.17, 15) is 9.59 Å². The van der Waals surface area contributed by atoms with Crippen molar-refractivity contribution in [3.05, 3.63) is 47.2 Å². The first kappa shape index (κ1) is 16.1. The number of hydrogen-bond acceptors (Lipinski definition) is 3. The molecule has 2 amide bonds. The molecule has 116 valence electrons. The maximum absolute atomic E-state index is 11.9. The summed E-state index contributed by atoms with van der Waals surface area (Å²) in [6.07, 6.45) is 0. The van der Waals surface area contributed by atoms with Gasteiger partial charge in [0.1, 0.15) is 5.76 Å².